The van der Waals surface area contributed by atoms with Gasteiger partial charge in [-0.2, -0.15) is 4.98 Å². The van der Waals surface area contributed by atoms with E-state index in [1.54, 1.807) is 31.3 Å². The van der Waals surface area contributed by atoms with Crippen LogP contribution in [0.3, 0.4) is 0 Å². The second-order valence-electron chi connectivity index (χ2n) is 5.64. The zero-order valence-corrected chi connectivity index (χ0v) is 13.5. The summed E-state index contributed by atoms with van der Waals surface area (Å²) in [6.07, 6.45) is 3.46. The molecule has 0 aliphatic heterocycles. The highest BCUT2D eigenvalue weighted by molar-refractivity contribution is 5.80. The first kappa shape index (κ1) is 15.1. The third-order valence-corrected chi connectivity index (χ3v) is 3.81. The minimum Gasteiger partial charge on any atom is -0.439 e. The van der Waals surface area contributed by atoms with Gasteiger partial charge in [-0.15, -0.1) is 0 Å². The van der Waals surface area contributed by atoms with Crippen LogP contribution in [0.15, 0.2) is 60.9 Å². The molecular weight excluding hydrogens is 319 g/mol. The monoisotopic (exact) mass is 334 g/mol. The first-order valence-corrected chi connectivity index (χ1v) is 7.79. The van der Waals surface area contributed by atoms with E-state index < -0.39 is 0 Å². The normalized spacial score (nSPS) is 10.8. The highest BCUT2D eigenvalue weighted by Crippen LogP contribution is 2.25. The van der Waals surface area contributed by atoms with Gasteiger partial charge in [0.1, 0.15) is 11.6 Å². The van der Waals surface area contributed by atoms with Crippen molar-refractivity contribution < 1.29 is 9.13 Å². The maximum absolute atomic E-state index is 13.6. The van der Waals surface area contributed by atoms with E-state index in [-0.39, 0.29) is 5.82 Å². The molecular formula is C19H15FN4O. The molecule has 0 unspecified atom stereocenters. The van der Waals surface area contributed by atoms with Crippen molar-refractivity contribution in [1.29, 1.82) is 0 Å². The van der Waals surface area contributed by atoms with Gasteiger partial charge < -0.3 is 15.0 Å². The highest BCUT2D eigenvalue weighted by Gasteiger charge is 2.05. The van der Waals surface area contributed by atoms with E-state index in [2.05, 4.69) is 20.3 Å². The largest absolute Gasteiger partial charge is 0.439 e. The second-order valence-corrected chi connectivity index (χ2v) is 5.64. The van der Waals surface area contributed by atoms with Crippen LogP contribution in [-0.4, -0.2) is 15.0 Å². The molecule has 25 heavy (non-hydrogen) atoms. The third kappa shape index (κ3) is 3.28. The Bertz CT molecular complexity index is 1040. The van der Waals surface area contributed by atoms with Gasteiger partial charge in [0, 0.05) is 35.1 Å². The lowest BCUT2D eigenvalue weighted by molar-refractivity contribution is 0.463. The second kappa shape index (κ2) is 6.24. The van der Waals surface area contributed by atoms with Crippen molar-refractivity contribution in [2.45, 2.75) is 6.92 Å². The van der Waals surface area contributed by atoms with Gasteiger partial charge in [0.15, 0.2) is 0 Å². The molecule has 0 amide bonds. The Morgan fingerprint density at radius 2 is 2.00 bits per heavy atom. The Kier molecular flexibility index (Phi) is 3.78. The van der Waals surface area contributed by atoms with E-state index in [9.17, 15) is 4.39 Å². The van der Waals surface area contributed by atoms with Crippen LogP contribution < -0.4 is 10.1 Å². The SMILES string of the molecule is Cc1ccc(Nc2nccc(Oc3ccc4[nH]ccc4c3)n2)cc1F. The summed E-state index contributed by atoms with van der Waals surface area (Å²) in [6, 6.07) is 14.3. The van der Waals surface area contributed by atoms with Gasteiger partial charge in [0.2, 0.25) is 11.8 Å². The molecule has 0 fully saturated rings. The van der Waals surface area contributed by atoms with E-state index in [1.165, 1.54) is 6.07 Å². The van der Waals surface area contributed by atoms with Crippen LogP contribution in [0, 0.1) is 12.7 Å². The average Bonchev–Trinajstić information content (AvgIpc) is 3.06. The topological polar surface area (TPSA) is 62.8 Å². The average molecular weight is 334 g/mol. The number of halogens is 1. The minimum atomic E-state index is -0.280. The van der Waals surface area contributed by atoms with E-state index >= 15 is 0 Å². The number of H-pyrrole nitrogens is 1. The first-order chi connectivity index (χ1) is 12.2. The van der Waals surface area contributed by atoms with Gasteiger partial charge >= 0.3 is 0 Å². The molecule has 0 saturated carbocycles. The maximum atomic E-state index is 13.6. The molecule has 2 N–H and O–H groups in total. The predicted molar refractivity (Wildman–Crippen MR) is 94.8 cm³/mol. The fraction of sp³-hybridized carbons (Fsp3) is 0.0526. The summed E-state index contributed by atoms with van der Waals surface area (Å²) in [4.78, 5) is 11.6. The van der Waals surface area contributed by atoms with Crippen molar-refractivity contribution in [2.75, 3.05) is 5.32 Å². The lowest BCUT2D eigenvalue weighted by atomic mass is 10.2. The summed E-state index contributed by atoms with van der Waals surface area (Å²) in [5.74, 6) is 1.14. The Hall–Kier alpha value is -3.41. The van der Waals surface area contributed by atoms with Crippen molar-refractivity contribution in [3.05, 3.63) is 72.3 Å². The number of aromatic amines is 1. The summed E-state index contributed by atoms with van der Waals surface area (Å²) in [5.41, 5.74) is 2.21. The first-order valence-electron chi connectivity index (χ1n) is 7.79. The van der Waals surface area contributed by atoms with E-state index in [0.717, 1.165) is 10.9 Å². The fourth-order valence-electron chi connectivity index (χ4n) is 2.47. The van der Waals surface area contributed by atoms with Gasteiger partial charge in [-0.05, 0) is 48.9 Å². The van der Waals surface area contributed by atoms with Gasteiger partial charge in [0.05, 0.1) is 0 Å². The van der Waals surface area contributed by atoms with Gasteiger partial charge in [-0.3, -0.25) is 0 Å². The van der Waals surface area contributed by atoms with Gasteiger partial charge in [-0.1, -0.05) is 6.07 Å². The van der Waals surface area contributed by atoms with Crippen LogP contribution in [0.5, 0.6) is 11.6 Å². The summed E-state index contributed by atoms with van der Waals surface area (Å²) in [7, 11) is 0. The zero-order chi connectivity index (χ0) is 17.2. The molecule has 0 saturated heterocycles. The number of aryl methyl sites for hydroxylation is 1. The molecule has 2 aromatic heterocycles. The predicted octanol–water partition coefficient (Wildman–Crippen LogP) is 4.94. The number of anilines is 2. The molecule has 0 spiro atoms. The summed E-state index contributed by atoms with van der Waals surface area (Å²) in [6.45, 7) is 1.71. The molecule has 2 aromatic carbocycles. The molecule has 0 aliphatic rings. The van der Waals surface area contributed by atoms with Crippen molar-refractivity contribution in [2.24, 2.45) is 0 Å². The molecule has 0 bridgehead atoms. The number of nitrogens with zero attached hydrogens (tertiary/aromatic N) is 2. The van der Waals surface area contributed by atoms with Crippen LogP contribution in [0.4, 0.5) is 16.0 Å². The number of nitrogens with one attached hydrogen (secondary N) is 2. The fourth-order valence-corrected chi connectivity index (χ4v) is 2.47. The molecule has 4 aromatic rings. The molecule has 5 nitrogen and oxygen atoms in total. The van der Waals surface area contributed by atoms with Crippen LogP contribution in [-0.2, 0) is 0 Å². The van der Waals surface area contributed by atoms with Crippen molar-refractivity contribution in [3.63, 3.8) is 0 Å². The minimum absolute atomic E-state index is 0.280. The Balaban J connectivity index is 1.55. The smallest absolute Gasteiger partial charge is 0.230 e. The zero-order valence-electron chi connectivity index (χ0n) is 13.5. The summed E-state index contributed by atoms with van der Waals surface area (Å²) in [5, 5.41) is 4.03. The van der Waals surface area contributed by atoms with Gasteiger partial charge in [-0.25, -0.2) is 9.37 Å². The standard InChI is InChI=1S/C19H15FN4O/c1-12-2-3-14(11-16(12)20)23-19-22-9-7-18(24-19)25-15-4-5-17-13(10-15)6-8-21-17/h2-11,21H,1H3,(H,22,23,24). The maximum Gasteiger partial charge on any atom is 0.230 e. The molecule has 4 rings (SSSR count). The van der Waals surface area contributed by atoms with Crippen LogP contribution in [0.2, 0.25) is 0 Å². The molecule has 124 valence electrons. The van der Waals surface area contributed by atoms with Gasteiger partial charge in [0.25, 0.3) is 0 Å². The number of aromatic nitrogens is 3. The number of ether oxygens (including phenoxy) is 1. The van der Waals surface area contributed by atoms with Crippen LogP contribution in [0.1, 0.15) is 5.56 Å². The quantitative estimate of drug-likeness (QED) is 0.555. The molecule has 2 heterocycles. The lowest BCUT2D eigenvalue weighted by Crippen LogP contribution is -1.99. The van der Waals surface area contributed by atoms with Crippen molar-refractivity contribution >= 4 is 22.5 Å². The number of hydrogen-bond donors (Lipinski definition) is 2. The van der Waals surface area contributed by atoms with E-state index in [4.69, 9.17) is 4.74 Å². The Morgan fingerprint density at radius 3 is 2.88 bits per heavy atom. The highest BCUT2D eigenvalue weighted by atomic mass is 19.1. The number of hydrogen-bond acceptors (Lipinski definition) is 4. The number of benzene rings is 2. The van der Waals surface area contributed by atoms with Crippen molar-refractivity contribution in [3.8, 4) is 11.6 Å². The summed E-state index contributed by atoms with van der Waals surface area (Å²) >= 11 is 0. The van der Waals surface area contributed by atoms with E-state index in [1.807, 2.05) is 30.5 Å². The lowest BCUT2D eigenvalue weighted by Gasteiger charge is -2.08. The van der Waals surface area contributed by atoms with E-state index in [0.29, 0.717) is 28.8 Å². The number of fused-ring (bicyclic) bond motifs is 1. The molecule has 6 heteroatoms. The Morgan fingerprint density at radius 1 is 1.08 bits per heavy atom. The van der Waals surface area contributed by atoms with Crippen LogP contribution in [0.25, 0.3) is 10.9 Å². The third-order valence-electron chi connectivity index (χ3n) is 3.81. The Labute approximate surface area is 143 Å². The van der Waals surface area contributed by atoms with Crippen molar-refractivity contribution in [1.82, 2.24) is 15.0 Å². The number of rotatable bonds is 4. The van der Waals surface area contributed by atoms with Crippen LogP contribution >= 0.6 is 0 Å². The molecule has 0 atom stereocenters. The molecule has 0 aliphatic carbocycles. The summed E-state index contributed by atoms with van der Waals surface area (Å²) < 4.78 is 19.4. The molecule has 0 radical (unpaired) electrons.